The predicted molar refractivity (Wildman–Crippen MR) is 83.1 cm³/mol. The molecular weight excluding hydrogens is 262 g/mol. The molecule has 1 aliphatic rings. The molecule has 0 amide bonds. The molecule has 0 saturated carbocycles. The van der Waals surface area contributed by atoms with E-state index in [1.54, 1.807) is 0 Å². The van der Waals surface area contributed by atoms with E-state index in [-0.39, 0.29) is 0 Å². The summed E-state index contributed by atoms with van der Waals surface area (Å²) >= 11 is 0. The van der Waals surface area contributed by atoms with Crippen LogP contribution in [0.25, 0.3) is 0 Å². The number of rotatable bonds is 5. The van der Waals surface area contributed by atoms with E-state index in [1.807, 2.05) is 17.9 Å². The number of aromatic nitrogens is 3. The van der Waals surface area contributed by atoms with Gasteiger partial charge in [-0.15, -0.1) is 5.10 Å². The summed E-state index contributed by atoms with van der Waals surface area (Å²) in [7, 11) is 1.92. The molecule has 1 aromatic carbocycles. The first-order chi connectivity index (χ1) is 10.3. The lowest BCUT2D eigenvalue weighted by Crippen LogP contribution is -2.30. The minimum absolute atomic E-state index is 0.777. The van der Waals surface area contributed by atoms with E-state index in [0.29, 0.717) is 0 Å². The monoisotopic (exact) mass is 285 g/mol. The van der Waals surface area contributed by atoms with Gasteiger partial charge in [-0.2, -0.15) is 0 Å². The number of hydrogen-bond acceptors (Lipinski definition) is 4. The van der Waals surface area contributed by atoms with Gasteiger partial charge in [0.05, 0.1) is 12.2 Å². The van der Waals surface area contributed by atoms with E-state index in [1.165, 1.54) is 11.1 Å². The molecule has 0 atom stereocenters. The smallest absolute Gasteiger partial charge is 0.0964 e. The number of hydrogen-bond donors (Lipinski definition) is 1. The van der Waals surface area contributed by atoms with Gasteiger partial charge in [0.2, 0.25) is 0 Å². The van der Waals surface area contributed by atoms with Crippen LogP contribution in [-0.2, 0) is 25.9 Å². The third-order valence-electron chi connectivity index (χ3n) is 4.10. The van der Waals surface area contributed by atoms with Crippen molar-refractivity contribution < 1.29 is 0 Å². The Kier molecular flexibility index (Phi) is 4.62. The molecule has 2 aromatic rings. The molecule has 21 heavy (non-hydrogen) atoms. The average molecular weight is 285 g/mol. The van der Waals surface area contributed by atoms with Crippen LogP contribution in [0.4, 0.5) is 0 Å². The van der Waals surface area contributed by atoms with Gasteiger partial charge in [-0.25, -0.2) is 0 Å². The van der Waals surface area contributed by atoms with Crippen LogP contribution in [0.15, 0.2) is 30.5 Å². The molecule has 5 nitrogen and oxygen atoms in total. The molecule has 0 unspecified atom stereocenters. The van der Waals surface area contributed by atoms with E-state index in [0.717, 1.165) is 51.3 Å². The van der Waals surface area contributed by atoms with Crippen LogP contribution >= 0.6 is 0 Å². The summed E-state index contributed by atoms with van der Waals surface area (Å²) in [5.74, 6) is 0. The minimum Gasteiger partial charge on any atom is -0.314 e. The molecule has 1 N–H and O–H groups in total. The van der Waals surface area contributed by atoms with Crippen LogP contribution in [0.2, 0.25) is 0 Å². The zero-order valence-corrected chi connectivity index (χ0v) is 12.6. The fourth-order valence-corrected chi connectivity index (χ4v) is 2.89. The van der Waals surface area contributed by atoms with Gasteiger partial charge in [0.15, 0.2) is 0 Å². The Morgan fingerprint density at radius 1 is 1.10 bits per heavy atom. The fourth-order valence-electron chi connectivity index (χ4n) is 2.89. The van der Waals surface area contributed by atoms with Crippen molar-refractivity contribution in [3.05, 3.63) is 47.3 Å². The topological polar surface area (TPSA) is 46.0 Å². The minimum atomic E-state index is 0.777. The van der Waals surface area contributed by atoms with E-state index < -0.39 is 0 Å². The van der Waals surface area contributed by atoms with Crippen molar-refractivity contribution in [1.29, 1.82) is 0 Å². The van der Waals surface area contributed by atoms with Crippen LogP contribution < -0.4 is 5.32 Å². The zero-order chi connectivity index (χ0) is 14.5. The highest BCUT2D eigenvalue weighted by Crippen LogP contribution is 2.15. The molecule has 0 spiro atoms. The van der Waals surface area contributed by atoms with Crippen molar-refractivity contribution in [2.75, 3.05) is 26.7 Å². The highest BCUT2D eigenvalue weighted by Gasteiger charge is 2.13. The first kappa shape index (κ1) is 14.2. The molecule has 0 radical (unpaired) electrons. The second-order valence-corrected chi connectivity index (χ2v) is 5.61. The molecular formula is C16H23N5. The molecule has 112 valence electrons. The largest absolute Gasteiger partial charge is 0.314 e. The normalized spacial score (nSPS) is 15.7. The first-order valence-corrected chi connectivity index (χ1v) is 7.68. The highest BCUT2D eigenvalue weighted by atomic mass is 15.4. The molecule has 0 aliphatic carbocycles. The van der Waals surface area contributed by atoms with Crippen LogP contribution in [0, 0.1) is 0 Å². The van der Waals surface area contributed by atoms with Gasteiger partial charge in [0.25, 0.3) is 0 Å². The lowest BCUT2D eigenvalue weighted by atomic mass is 10.0. The Labute approximate surface area is 126 Å². The van der Waals surface area contributed by atoms with Crippen LogP contribution in [-0.4, -0.2) is 46.6 Å². The predicted octanol–water partition coefficient (Wildman–Crippen LogP) is 1.10. The van der Waals surface area contributed by atoms with Gasteiger partial charge in [-0.05, 0) is 31.0 Å². The van der Waals surface area contributed by atoms with Gasteiger partial charge in [0.1, 0.15) is 0 Å². The van der Waals surface area contributed by atoms with Crippen LogP contribution in [0.3, 0.4) is 0 Å². The lowest BCUT2D eigenvalue weighted by molar-refractivity contribution is 0.269. The number of nitrogens with zero attached hydrogens (tertiary/aromatic N) is 4. The van der Waals surface area contributed by atoms with E-state index in [2.05, 4.69) is 44.8 Å². The summed E-state index contributed by atoms with van der Waals surface area (Å²) in [6.45, 7) is 4.99. The van der Waals surface area contributed by atoms with Crippen molar-refractivity contribution >= 4 is 0 Å². The third-order valence-corrected chi connectivity index (χ3v) is 4.10. The molecule has 0 fully saturated rings. The maximum absolute atomic E-state index is 4.18. The van der Waals surface area contributed by atoms with Gasteiger partial charge in [0, 0.05) is 32.4 Å². The molecule has 3 rings (SSSR count). The fraction of sp³-hybridized carbons (Fsp3) is 0.500. The summed E-state index contributed by atoms with van der Waals surface area (Å²) in [4.78, 5) is 2.53. The second kappa shape index (κ2) is 6.83. The quantitative estimate of drug-likeness (QED) is 0.893. The van der Waals surface area contributed by atoms with Crippen molar-refractivity contribution in [2.24, 2.45) is 0 Å². The SMILES string of the molecule is CNCc1cn(CCN2CCc3ccccc3CC2)nn1. The van der Waals surface area contributed by atoms with Crippen molar-refractivity contribution in [3.8, 4) is 0 Å². The maximum atomic E-state index is 4.18. The summed E-state index contributed by atoms with van der Waals surface area (Å²) < 4.78 is 1.95. The summed E-state index contributed by atoms with van der Waals surface area (Å²) in [6.07, 6.45) is 4.33. The van der Waals surface area contributed by atoms with Gasteiger partial charge in [-0.3, -0.25) is 4.68 Å². The Morgan fingerprint density at radius 3 is 2.48 bits per heavy atom. The number of nitrogens with one attached hydrogen (secondary N) is 1. The van der Waals surface area contributed by atoms with Gasteiger partial charge < -0.3 is 10.2 Å². The average Bonchev–Trinajstić information content (AvgIpc) is 2.85. The Balaban J connectivity index is 1.52. The lowest BCUT2D eigenvalue weighted by Gasteiger charge is -2.19. The van der Waals surface area contributed by atoms with Crippen LogP contribution in [0.5, 0.6) is 0 Å². The second-order valence-electron chi connectivity index (χ2n) is 5.61. The van der Waals surface area contributed by atoms with Crippen molar-refractivity contribution in [1.82, 2.24) is 25.2 Å². The molecule has 1 aromatic heterocycles. The van der Waals surface area contributed by atoms with Crippen LogP contribution in [0.1, 0.15) is 16.8 Å². The van der Waals surface area contributed by atoms with Gasteiger partial charge in [-0.1, -0.05) is 29.5 Å². The van der Waals surface area contributed by atoms with E-state index in [9.17, 15) is 0 Å². The molecule has 0 bridgehead atoms. The first-order valence-electron chi connectivity index (χ1n) is 7.68. The van der Waals surface area contributed by atoms with E-state index in [4.69, 9.17) is 0 Å². The van der Waals surface area contributed by atoms with Crippen molar-refractivity contribution in [3.63, 3.8) is 0 Å². The third kappa shape index (κ3) is 3.68. The Bertz CT molecular complexity index is 551. The molecule has 5 heteroatoms. The maximum Gasteiger partial charge on any atom is 0.0964 e. The summed E-state index contributed by atoms with van der Waals surface area (Å²) in [6, 6.07) is 8.82. The Morgan fingerprint density at radius 2 is 1.81 bits per heavy atom. The molecule has 2 heterocycles. The van der Waals surface area contributed by atoms with E-state index >= 15 is 0 Å². The summed E-state index contributed by atoms with van der Waals surface area (Å²) in [5.41, 5.74) is 4.02. The standard InChI is InChI=1S/C16H23N5/c1-17-12-16-13-21(19-18-16)11-10-20-8-6-14-4-2-3-5-15(14)7-9-20/h2-5,13,17H,6-12H2,1H3. The van der Waals surface area contributed by atoms with Gasteiger partial charge >= 0.3 is 0 Å². The van der Waals surface area contributed by atoms with Crippen molar-refractivity contribution in [2.45, 2.75) is 25.9 Å². The molecule has 0 saturated heterocycles. The molecule has 1 aliphatic heterocycles. The highest BCUT2D eigenvalue weighted by molar-refractivity contribution is 5.28. The number of fused-ring (bicyclic) bond motifs is 1. The number of benzene rings is 1. The summed E-state index contributed by atoms with van der Waals surface area (Å²) in [5, 5.41) is 11.4. The zero-order valence-electron chi connectivity index (χ0n) is 12.6. The Hall–Kier alpha value is -1.72.